The van der Waals surface area contributed by atoms with Gasteiger partial charge in [0.05, 0.1) is 0 Å². The maximum Gasteiger partial charge on any atom is 0.321 e. The smallest absolute Gasteiger partial charge is 0.321 e. The Morgan fingerprint density at radius 1 is 1.12 bits per heavy atom. The van der Waals surface area contributed by atoms with Crippen molar-refractivity contribution in [2.45, 2.75) is 52.4 Å². The minimum Gasteiger partial charge on any atom is -0.480 e. The van der Waals surface area contributed by atoms with Crippen LogP contribution in [0.15, 0.2) is 0 Å². The minimum absolute atomic E-state index is 0.206. The second-order valence-corrected chi connectivity index (χ2v) is 5.06. The second kappa shape index (κ2) is 5.52. The fourth-order valence-corrected chi connectivity index (χ4v) is 3.33. The molecule has 1 saturated carbocycles. The van der Waals surface area contributed by atoms with Gasteiger partial charge in [0.2, 0.25) is 0 Å². The van der Waals surface area contributed by atoms with Crippen molar-refractivity contribution in [2.24, 2.45) is 17.3 Å². The quantitative estimate of drug-likeness (QED) is 0.702. The fraction of sp³-hybridized carbons (Fsp3) is 0.846. The molecule has 2 N–H and O–H groups in total. The van der Waals surface area contributed by atoms with Crippen molar-refractivity contribution >= 4 is 11.9 Å². The third-order valence-corrected chi connectivity index (χ3v) is 4.13. The number of carboxylic acid groups (broad SMARTS) is 2. The summed E-state index contributed by atoms with van der Waals surface area (Å²) in [6.45, 7) is 4.04. The highest BCUT2D eigenvalue weighted by molar-refractivity contribution is 5.99. The molecule has 0 spiro atoms. The van der Waals surface area contributed by atoms with Gasteiger partial charge in [0.15, 0.2) is 5.41 Å². The molecule has 0 amide bonds. The van der Waals surface area contributed by atoms with Crippen LogP contribution in [0.4, 0.5) is 0 Å². The predicted octanol–water partition coefficient (Wildman–Crippen LogP) is 2.77. The maximum atomic E-state index is 11.4. The van der Waals surface area contributed by atoms with E-state index in [4.69, 9.17) is 0 Å². The zero-order chi connectivity index (χ0) is 13.1. The normalized spacial score (nSPS) is 26.9. The molecule has 0 aliphatic heterocycles. The van der Waals surface area contributed by atoms with Gasteiger partial charge in [-0.25, -0.2) is 0 Å². The molecule has 4 nitrogen and oxygen atoms in total. The number of hydrogen-bond donors (Lipinski definition) is 2. The molecule has 0 radical (unpaired) electrons. The molecular weight excluding hydrogens is 220 g/mol. The highest BCUT2D eigenvalue weighted by atomic mass is 16.4. The zero-order valence-corrected chi connectivity index (χ0v) is 10.6. The van der Waals surface area contributed by atoms with Gasteiger partial charge in [-0.15, -0.1) is 0 Å². The first-order valence-electron chi connectivity index (χ1n) is 6.47. The molecule has 0 aromatic carbocycles. The molecule has 0 aromatic heterocycles. The molecule has 98 valence electrons. The molecule has 1 aliphatic carbocycles. The highest BCUT2D eigenvalue weighted by Gasteiger charge is 2.58. The average Bonchev–Trinajstić information content (AvgIpc) is 2.60. The Bertz CT molecular complexity index is 284. The summed E-state index contributed by atoms with van der Waals surface area (Å²) in [5.41, 5.74) is -1.53. The first kappa shape index (κ1) is 14.0. The summed E-state index contributed by atoms with van der Waals surface area (Å²) >= 11 is 0. The van der Waals surface area contributed by atoms with Gasteiger partial charge in [-0.3, -0.25) is 9.59 Å². The van der Waals surface area contributed by atoms with Crippen molar-refractivity contribution in [3.05, 3.63) is 0 Å². The van der Waals surface area contributed by atoms with Gasteiger partial charge >= 0.3 is 11.9 Å². The lowest BCUT2D eigenvalue weighted by molar-refractivity contribution is -0.168. The minimum atomic E-state index is -1.53. The third-order valence-electron chi connectivity index (χ3n) is 4.13. The van der Waals surface area contributed by atoms with E-state index in [0.29, 0.717) is 6.42 Å². The van der Waals surface area contributed by atoms with Crippen LogP contribution in [0.2, 0.25) is 0 Å². The van der Waals surface area contributed by atoms with Crippen LogP contribution in [0.3, 0.4) is 0 Å². The van der Waals surface area contributed by atoms with Gasteiger partial charge in [-0.05, 0) is 31.1 Å². The first-order chi connectivity index (χ1) is 8.00. The molecule has 1 aliphatic rings. The van der Waals surface area contributed by atoms with Crippen molar-refractivity contribution in [3.8, 4) is 0 Å². The van der Waals surface area contributed by atoms with Crippen molar-refractivity contribution < 1.29 is 19.8 Å². The van der Waals surface area contributed by atoms with Crippen LogP contribution in [0.1, 0.15) is 52.4 Å². The molecule has 1 fully saturated rings. The van der Waals surface area contributed by atoms with Crippen LogP contribution in [-0.4, -0.2) is 22.2 Å². The number of carbonyl (C=O) groups is 2. The van der Waals surface area contributed by atoms with Gasteiger partial charge in [0.25, 0.3) is 0 Å². The summed E-state index contributed by atoms with van der Waals surface area (Å²) in [7, 11) is 0. The Kier molecular flexibility index (Phi) is 4.54. The lowest BCUT2D eigenvalue weighted by atomic mass is 9.72. The summed E-state index contributed by atoms with van der Waals surface area (Å²) in [5.74, 6) is -2.25. The molecule has 4 heteroatoms. The van der Waals surface area contributed by atoms with Crippen LogP contribution < -0.4 is 0 Å². The van der Waals surface area contributed by atoms with Gasteiger partial charge in [0.1, 0.15) is 0 Å². The Hall–Kier alpha value is -1.06. The zero-order valence-electron chi connectivity index (χ0n) is 10.6. The van der Waals surface area contributed by atoms with E-state index in [0.717, 1.165) is 25.7 Å². The Balaban J connectivity index is 3.04. The largest absolute Gasteiger partial charge is 0.480 e. The van der Waals surface area contributed by atoms with Gasteiger partial charge in [-0.2, -0.15) is 0 Å². The van der Waals surface area contributed by atoms with Crippen molar-refractivity contribution in [1.29, 1.82) is 0 Å². The lowest BCUT2D eigenvalue weighted by Gasteiger charge is -2.30. The van der Waals surface area contributed by atoms with Crippen molar-refractivity contribution in [3.63, 3.8) is 0 Å². The summed E-state index contributed by atoms with van der Waals surface area (Å²) in [6, 6.07) is 0. The number of aliphatic carboxylic acids is 2. The molecule has 2 atom stereocenters. The molecule has 0 aromatic rings. The summed E-state index contributed by atoms with van der Waals surface area (Å²) in [5, 5.41) is 18.7. The van der Waals surface area contributed by atoms with E-state index in [1.54, 1.807) is 0 Å². The Morgan fingerprint density at radius 2 is 1.65 bits per heavy atom. The van der Waals surface area contributed by atoms with E-state index < -0.39 is 17.4 Å². The van der Waals surface area contributed by atoms with Crippen LogP contribution in [-0.2, 0) is 9.59 Å². The summed E-state index contributed by atoms with van der Waals surface area (Å²) < 4.78 is 0. The van der Waals surface area contributed by atoms with E-state index in [1.165, 1.54) is 0 Å². The number of hydrogen-bond acceptors (Lipinski definition) is 2. The van der Waals surface area contributed by atoms with Gasteiger partial charge in [-0.1, -0.05) is 33.1 Å². The van der Waals surface area contributed by atoms with Crippen LogP contribution >= 0.6 is 0 Å². The average molecular weight is 242 g/mol. The number of rotatable bonds is 6. The molecular formula is C13H22O4. The van der Waals surface area contributed by atoms with E-state index >= 15 is 0 Å². The highest BCUT2D eigenvalue weighted by Crippen LogP contribution is 2.51. The van der Waals surface area contributed by atoms with Crippen LogP contribution in [0.25, 0.3) is 0 Å². The third kappa shape index (κ3) is 2.31. The van der Waals surface area contributed by atoms with Gasteiger partial charge in [0, 0.05) is 0 Å². The van der Waals surface area contributed by atoms with E-state index in [1.807, 2.05) is 6.92 Å². The van der Waals surface area contributed by atoms with Crippen LogP contribution in [0, 0.1) is 17.3 Å². The van der Waals surface area contributed by atoms with E-state index in [9.17, 15) is 19.8 Å². The molecule has 0 saturated heterocycles. The van der Waals surface area contributed by atoms with E-state index in [-0.39, 0.29) is 18.3 Å². The second-order valence-electron chi connectivity index (χ2n) is 5.06. The molecule has 1 rings (SSSR count). The molecule has 2 unspecified atom stereocenters. The molecule has 0 bridgehead atoms. The summed E-state index contributed by atoms with van der Waals surface area (Å²) in [4.78, 5) is 22.8. The summed E-state index contributed by atoms with van der Waals surface area (Å²) in [6.07, 6.45) is 4.48. The first-order valence-corrected chi connectivity index (χ1v) is 6.47. The maximum absolute atomic E-state index is 11.4. The number of carboxylic acids is 2. The van der Waals surface area contributed by atoms with Crippen LogP contribution in [0.5, 0.6) is 0 Å². The SMILES string of the molecule is CCCC1CCC(C(=O)O)(C(=O)O)C1CCC. The van der Waals surface area contributed by atoms with E-state index in [2.05, 4.69) is 6.92 Å². The van der Waals surface area contributed by atoms with Gasteiger partial charge < -0.3 is 10.2 Å². The lowest BCUT2D eigenvalue weighted by Crippen LogP contribution is -2.43. The monoisotopic (exact) mass is 242 g/mol. The molecule has 0 heterocycles. The molecule has 17 heavy (non-hydrogen) atoms. The Labute approximate surface area is 102 Å². The van der Waals surface area contributed by atoms with Crippen molar-refractivity contribution in [1.82, 2.24) is 0 Å². The Morgan fingerprint density at radius 3 is 2.06 bits per heavy atom. The topological polar surface area (TPSA) is 74.6 Å². The van der Waals surface area contributed by atoms with Crippen molar-refractivity contribution in [2.75, 3.05) is 0 Å². The predicted molar refractivity (Wildman–Crippen MR) is 63.7 cm³/mol. The standard InChI is InChI=1S/C13H22O4/c1-3-5-9-7-8-13(11(14)15,12(16)17)10(9)6-4-2/h9-10H,3-8H2,1-2H3,(H,14,15)(H,16,17). The fourth-order valence-electron chi connectivity index (χ4n) is 3.33.